The number of carbonyl (C=O) groups is 1. The van der Waals surface area contributed by atoms with Gasteiger partial charge in [-0.1, -0.05) is 30.3 Å². The van der Waals surface area contributed by atoms with E-state index in [0.29, 0.717) is 5.39 Å². The highest BCUT2D eigenvalue weighted by atomic mass is 32.3. The summed E-state index contributed by atoms with van der Waals surface area (Å²) in [6.07, 6.45) is 0. The number of amides is 1. The van der Waals surface area contributed by atoms with Gasteiger partial charge < -0.3 is 9.50 Å². The third-order valence-electron chi connectivity index (χ3n) is 2.39. The van der Waals surface area contributed by atoms with Crippen molar-refractivity contribution in [3.05, 3.63) is 36.4 Å². The van der Waals surface area contributed by atoms with Crippen molar-refractivity contribution in [2.24, 2.45) is 0 Å². The third kappa shape index (κ3) is 3.21. The summed E-state index contributed by atoms with van der Waals surface area (Å²) >= 11 is 0. The second-order valence-corrected chi connectivity index (χ2v) is 4.87. The molecule has 0 bridgehead atoms. The van der Waals surface area contributed by atoms with E-state index in [0.717, 1.165) is 5.39 Å². The first-order chi connectivity index (χ1) is 8.87. The van der Waals surface area contributed by atoms with Crippen LogP contribution in [0.3, 0.4) is 0 Å². The normalized spacial score (nSPS) is 11.3. The first kappa shape index (κ1) is 13.3. The fourth-order valence-electron chi connectivity index (χ4n) is 1.74. The monoisotopic (exact) mass is 281 g/mol. The predicted octanol–water partition coefficient (Wildman–Crippen LogP) is 1.98. The predicted molar refractivity (Wildman–Crippen MR) is 70.4 cm³/mol. The molecule has 0 fully saturated rings. The number of anilines is 1. The van der Waals surface area contributed by atoms with Gasteiger partial charge in [-0.25, -0.2) is 0 Å². The highest BCUT2D eigenvalue weighted by molar-refractivity contribution is 7.81. The zero-order valence-electron chi connectivity index (χ0n) is 9.95. The molecule has 0 unspecified atom stereocenters. The molecule has 0 radical (unpaired) electrons. The molecule has 0 aliphatic heterocycles. The van der Waals surface area contributed by atoms with Crippen molar-refractivity contribution >= 4 is 32.8 Å². The molecule has 2 aromatic carbocycles. The molecular formula is C12H11NO5S. The van der Waals surface area contributed by atoms with E-state index in [1.807, 2.05) is 6.07 Å². The summed E-state index contributed by atoms with van der Waals surface area (Å²) in [5, 5.41) is 3.91. The summed E-state index contributed by atoms with van der Waals surface area (Å²) < 4.78 is 34.8. The number of nitrogens with one attached hydrogen (secondary N) is 1. The topological polar surface area (TPSA) is 92.7 Å². The van der Waals surface area contributed by atoms with E-state index >= 15 is 0 Å². The number of carbonyl (C=O) groups excluding carboxylic acids is 1. The Balaban J connectivity index is 2.66. The van der Waals surface area contributed by atoms with E-state index in [-0.39, 0.29) is 17.3 Å². The molecule has 6 nitrogen and oxygen atoms in total. The van der Waals surface area contributed by atoms with Crippen LogP contribution in [0.25, 0.3) is 10.8 Å². The van der Waals surface area contributed by atoms with Gasteiger partial charge in [-0.05, 0) is 11.5 Å². The molecule has 0 aromatic heterocycles. The summed E-state index contributed by atoms with van der Waals surface area (Å²) in [7, 11) is -4.66. The second kappa shape index (κ2) is 4.87. The second-order valence-electron chi connectivity index (χ2n) is 3.85. The van der Waals surface area contributed by atoms with Gasteiger partial charge in [0.1, 0.15) is 0 Å². The Morgan fingerprint density at radius 2 is 1.89 bits per heavy atom. The van der Waals surface area contributed by atoms with Crippen molar-refractivity contribution in [1.29, 1.82) is 0 Å². The van der Waals surface area contributed by atoms with E-state index < -0.39 is 10.4 Å². The highest BCUT2D eigenvalue weighted by Crippen LogP contribution is 2.33. The van der Waals surface area contributed by atoms with Crippen molar-refractivity contribution in [2.45, 2.75) is 6.92 Å². The first-order valence-electron chi connectivity index (χ1n) is 5.33. The lowest BCUT2D eigenvalue weighted by atomic mass is 10.1. The van der Waals surface area contributed by atoms with Gasteiger partial charge in [0.05, 0.1) is 5.69 Å². The number of hydrogen-bond acceptors (Lipinski definition) is 4. The van der Waals surface area contributed by atoms with E-state index in [4.69, 9.17) is 4.55 Å². The molecule has 0 spiro atoms. The summed E-state index contributed by atoms with van der Waals surface area (Å²) in [5.74, 6) is -0.520. The average Bonchev–Trinajstić information content (AvgIpc) is 2.30. The largest absolute Gasteiger partial charge is 0.446 e. The van der Waals surface area contributed by atoms with Gasteiger partial charge in [0.25, 0.3) is 0 Å². The van der Waals surface area contributed by atoms with Gasteiger partial charge in [-0.3, -0.25) is 9.35 Å². The standard InChI is InChI=1S/C12H11NO5S/c1-8(14)13-12-10-5-3-2-4-9(10)6-7-11(12)18-19(15,16)17/h2-7H,1H3,(H,13,14)(H,15,16,17). The van der Waals surface area contributed by atoms with Crippen LogP contribution < -0.4 is 9.50 Å². The summed E-state index contributed by atoms with van der Waals surface area (Å²) in [6, 6.07) is 10.0. The fourth-order valence-corrected chi connectivity index (χ4v) is 2.11. The number of rotatable bonds is 3. The minimum Gasteiger partial charge on any atom is -0.360 e. The molecule has 2 rings (SSSR count). The highest BCUT2D eigenvalue weighted by Gasteiger charge is 2.15. The molecule has 0 aliphatic carbocycles. The van der Waals surface area contributed by atoms with Crippen molar-refractivity contribution in [1.82, 2.24) is 0 Å². The Labute approximate surface area is 110 Å². The van der Waals surface area contributed by atoms with Gasteiger partial charge in [0.2, 0.25) is 5.91 Å². The van der Waals surface area contributed by atoms with E-state index in [1.54, 1.807) is 24.3 Å². The zero-order chi connectivity index (χ0) is 14.0. The Morgan fingerprint density at radius 3 is 2.53 bits per heavy atom. The smallest absolute Gasteiger partial charge is 0.360 e. The zero-order valence-corrected chi connectivity index (χ0v) is 10.8. The maximum atomic E-state index is 11.2. The minimum absolute atomic E-state index is 0.142. The van der Waals surface area contributed by atoms with E-state index in [1.165, 1.54) is 13.0 Å². The molecule has 19 heavy (non-hydrogen) atoms. The molecule has 2 N–H and O–H groups in total. The van der Waals surface area contributed by atoms with Crippen LogP contribution in [-0.2, 0) is 15.2 Å². The van der Waals surface area contributed by atoms with Crippen molar-refractivity contribution in [3.63, 3.8) is 0 Å². The first-order valence-corrected chi connectivity index (χ1v) is 6.69. The van der Waals surface area contributed by atoms with Gasteiger partial charge in [-0.15, -0.1) is 0 Å². The maximum Gasteiger partial charge on any atom is 0.446 e. The number of benzene rings is 2. The van der Waals surface area contributed by atoms with Gasteiger partial charge >= 0.3 is 10.4 Å². The Bertz CT molecular complexity index is 739. The van der Waals surface area contributed by atoms with Crippen LogP contribution in [0.5, 0.6) is 5.75 Å². The third-order valence-corrected chi connectivity index (χ3v) is 2.78. The van der Waals surface area contributed by atoms with Gasteiger partial charge in [-0.2, -0.15) is 8.42 Å². The molecular weight excluding hydrogens is 270 g/mol. The van der Waals surface area contributed by atoms with Crippen LogP contribution in [0.1, 0.15) is 6.92 Å². The minimum atomic E-state index is -4.66. The molecule has 0 heterocycles. The van der Waals surface area contributed by atoms with Crippen LogP contribution in [0.4, 0.5) is 5.69 Å². The molecule has 2 aromatic rings. The summed E-state index contributed by atoms with van der Waals surface area (Å²) in [5.41, 5.74) is 0.197. The molecule has 7 heteroatoms. The Kier molecular flexibility index (Phi) is 3.41. The van der Waals surface area contributed by atoms with Crippen LogP contribution in [-0.4, -0.2) is 18.9 Å². The van der Waals surface area contributed by atoms with Crippen LogP contribution >= 0.6 is 0 Å². The van der Waals surface area contributed by atoms with Crippen molar-refractivity contribution < 1.29 is 21.9 Å². The fraction of sp³-hybridized carbons (Fsp3) is 0.0833. The number of fused-ring (bicyclic) bond motifs is 1. The van der Waals surface area contributed by atoms with Crippen LogP contribution in [0.15, 0.2) is 36.4 Å². The maximum absolute atomic E-state index is 11.2. The molecule has 0 aliphatic rings. The van der Waals surface area contributed by atoms with Crippen LogP contribution in [0.2, 0.25) is 0 Å². The lowest BCUT2D eigenvalue weighted by Crippen LogP contribution is -2.12. The summed E-state index contributed by atoms with van der Waals surface area (Å²) in [4.78, 5) is 11.2. The van der Waals surface area contributed by atoms with Crippen LogP contribution in [0, 0.1) is 0 Å². The Morgan fingerprint density at radius 1 is 1.21 bits per heavy atom. The molecule has 0 saturated heterocycles. The lowest BCUT2D eigenvalue weighted by molar-refractivity contribution is -0.114. The van der Waals surface area contributed by atoms with Crippen molar-refractivity contribution in [3.8, 4) is 5.75 Å². The van der Waals surface area contributed by atoms with Crippen molar-refractivity contribution in [2.75, 3.05) is 5.32 Å². The van der Waals surface area contributed by atoms with Gasteiger partial charge in [0, 0.05) is 12.3 Å². The molecule has 100 valence electrons. The van der Waals surface area contributed by atoms with E-state index in [2.05, 4.69) is 9.50 Å². The molecule has 0 saturated carbocycles. The SMILES string of the molecule is CC(=O)Nc1c(OS(=O)(=O)O)ccc2ccccc12. The van der Waals surface area contributed by atoms with Gasteiger partial charge in [0.15, 0.2) is 5.75 Å². The molecule has 0 atom stereocenters. The lowest BCUT2D eigenvalue weighted by Gasteiger charge is -2.12. The summed E-state index contributed by atoms with van der Waals surface area (Å²) in [6.45, 7) is 1.29. The quantitative estimate of drug-likeness (QED) is 0.839. The van der Waals surface area contributed by atoms with E-state index in [9.17, 15) is 13.2 Å². The average molecular weight is 281 g/mol. The Hall–Kier alpha value is -2.12. The number of hydrogen-bond donors (Lipinski definition) is 2. The molecule has 1 amide bonds.